The number of nitrogens with zero attached hydrogens (tertiary/aromatic N) is 4. The van der Waals surface area contributed by atoms with Gasteiger partial charge in [-0.3, -0.25) is 0 Å². The Labute approximate surface area is 208 Å². The summed E-state index contributed by atoms with van der Waals surface area (Å²) < 4.78 is 2.00. The molecule has 1 aliphatic rings. The first-order valence-electron chi connectivity index (χ1n) is 11.1. The molecule has 0 atom stereocenters. The summed E-state index contributed by atoms with van der Waals surface area (Å²) in [5.41, 5.74) is 2.78. The van der Waals surface area contributed by atoms with Crippen LogP contribution in [-0.4, -0.2) is 27.3 Å². The first-order chi connectivity index (χ1) is 15.2. The average Bonchev–Trinajstić information content (AvgIpc) is 3.43. The monoisotopic (exact) mass is 544 g/mol. The van der Waals surface area contributed by atoms with Crippen LogP contribution in [0.15, 0.2) is 65.7 Å². The second kappa shape index (κ2) is 11.4. The molecule has 7 heteroatoms. The van der Waals surface area contributed by atoms with E-state index in [1.54, 1.807) is 0 Å². The maximum atomic E-state index is 4.87. The van der Waals surface area contributed by atoms with Crippen LogP contribution in [0.1, 0.15) is 48.5 Å². The largest absolute Gasteiger partial charge is 0.355 e. The maximum Gasteiger partial charge on any atom is 0.192 e. The highest BCUT2D eigenvalue weighted by atomic mass is 127. The Morgan fingerprint density at radius 2 is 1.62 bits per heavy atom. The number of hydrogen-bond donors (Lipinski definition) is 2. The van der Waals surface area contributed by atoms with Crippen molar-refractivity contribution in [1.29, 1.82) is 0 Å². The molecule has 2 N–H and O–H groups in total. The molecular formula is C25H33IN6. The van der Waals surface area contributed by atoms with E-state index in [9.17, 15) is 0 Å². The third-order valence-corrected chi connectivity index (χ3v) is 6.40. The lowest BCUT2D eigenvalue weighted by Crippen LogP contribution is -2.44. The lowest BCUT2D eigenvalue weighted by molar-refractivity contribution is 0.431. The zero-order chi connectivity index (χ0) is 21.5. The minimum atomic E-state index is 0. The van der Waals surface area contributed by atoms with Crippen LogP contribution in [0, 0.1) is 6.92 Å². The Bertz CT molecular complexity index is 994. The van der Waals surface area contributed by atoms with E-state index in [-0.39, 0.29) is 29.4 Å². The van der Waals surface area contributed by atoms with Gasteiger partial charge in [-0.05, 0) is 30.9 Å². The van der Waals surface area contributed by atoms with Gasteiger partial charge in [0, 0.05) is 19.0 Å². The SMILES string of the molecule is Cc1nnc(CNC(=NCc2ccccc2)NCC2(c3ccccc3)CCCC2)n1C.I. The van der Waals surface area contributed by atoms with Crippen LogP contribution in [0.25, 0.3) is 0 Å². The van der Waals surface area contributed by atoms with Gasteiger partial charge in [-0.2, -0.15) is 0 Å². The fourth-order valence-electron chi connectivity index (χ4n) is 4.36. The smallest absolute Gasteiger partial charge is 0.192 e. The number of aliphatic imine (C=N–C) groups is 1. The van der Waals surface area contributed by atoms with E-state index in [1.807, 2.05) is 24.6 Å². The third kappa shape index (κ3) is 5.88. The molecule has 32 heavy (non-hydrogen) atoms. The van der Waals surface area contributed by atoms with Gasteiger partial charge in [-0.15, -0.1) is 34.2 Å². The summed E-state index contributed by atoms with van der Waals surface area (Å²) in [6, 6.07) is 21.3. The number of aryl methyl sites for hydroxylation is 1. The highest BCUT2D eigenvalue weighted by Gasteiger charge is 2.35. The van der Waals surface area contributed by atoms with Gasteiger partial charge < -0.3 is 15.2 Å². The molecule has 3 aromatic rings. The minimum Gasteiger partial charge on any atom is -0.355 e. The molecule has 4 rings (SSSR count). The molecular weight excluding hydrogens is 511 g/mol. The van der Waals surface area contributed by atoms with E-state index < -0.39 is 0 Å². The highest BCUT2D eigenvalue weighted by Crippen LogP contribution is 2.40. The topological polar surface area (TPSA) is 67.1 Å². The van der Waals surface area contributed by atoms with Crippen LogP contribution in [0.3, 0.4) is 0 Å². The van der Waals surface area contributed by atoms with Crippen molar-refractivity contribution in [2.75, 3.05) is 6.54 Å². The molecule has 1 aliphatic carbocycles. The summed E-state index contributed by atoms with van der Waals surface area (Å²) in [6.45, 7) is 4.04. The van der Waals surface area contributed by atoms with E-state index in [4.69, 9.17) is 4.99 Å². The molecule has 0 saturated heterocycles. The van der Waals surface area contributed by atoms with Crippen molar-refractivity contribution in [2.45, 2.75) is 51.1 Å². The quantitative estimate of drug-likeness (QED) is 0.262. The normalized spacial score (nSPS) is 15.2. The van der Waals surface area contributed by atoms with E-state index in [0.29, 0.717) is 13.1 Å². The van der Waals surface area contributed by atoms with Crippen LogP contribution >= 0.6 is 24.0 Å². The fraction of sp³-hybridized carbons (Fsp3) is 0.400. The lowest BCUT2D eigenvalue weighted by atomic mass is 9.79. The zero-order valence-electron chi connectivity index (χ0n) is 18.9. The van der Waals surface area contributed by atoms with Crippen molar-refractivity contribution in [3.63, 3.8) is 0 Å². The average molecular weight is 544 g/mol. The van der Waals surface area contributed by atoms with Crippen molar-refractivity contribution in [2.24, 2.45) is 12.0 Å². The molecule has 1 saturated carbocycles. The van der Waals surface area contributed by atoms with Gasteiger partial charge in [0.15, 0.2) is 11.8 Å². The maximum absolute atomic E-state index is 4.87. The third-order valence-electron chi connectivity index (χ3n) is 6.40. The Morgan fingerprint density at radius 3 is 2.25 bits per heavy atom. The van der Waals surface area contributed by atoms with E-state index in [1.165, 1.54) is 36.8 Å². The summed E-state index contributed by atoms with van der Waals surface area (Å²) in [6.07, 6.45) is 4.97. The first kappa shape index (κ1) is 24.2. The van der Waals surface area contributed by atoms with Gasteiger partial charge >= 0.3 is 0 Å². The van der Waals surface area contributed by atoms with E-state index in [2.05, 4.69) is 75.4 Å². The molecule has 0 unspecified atom stereocenters. The summed E-state index contributed by atoms with van der Waals surface area (Å²) in [5.74, 6) is 2.61. The summed E-state index contributed by atoms with van der Waals surface area (Å²) >= 11 is 0. The summed E-state index contributed by atoms with van der Waals surface area (Å²) in [7, 11) is 1.99. The van der Waals surface area contributed by atoms with Gasteiger partial charge in [0.05, 0.1) is 13.1 Å². The number of nitrogens with one attached hydrogen (secondary N) is 2. The number of rotatable bonds is 7. The molecule has 170 valence electrons. The standard InChI is InChI=1S/C25H32N6.HI/c1-20-29-30-23(31(20)2)18-27-24(26-17-21-11-5-3-6-12-21)28-19-25(15-9-10-16-25)22-13-7-4-8-14-22;/h3-8,11-14H,9-10,15-19H2,1-2H3,(H2,26,27,28);1H. The molecule has 0 spiro atoms. The number of guanidine groups is 1. The van der Waals surface area contributed by atoms with Crippen molar-refractivity contribution in [3.05, 3.63) is 83.4 Å². The van der Waals surface area contributed by atoms with Crippen molar-refractivity contribution >= 4 is 29.9 Å². The summed E-state index contributed by atoms with van der Waals surface area (Å²) in [5, 5.41) is 15.5. The van der Waals surface area contributed by atoms with Gasteiger partial charge in [0.2, 0.25) is 0 Å². The summed E-state index contributed by atoms with van der Waals surface area (Å²) in [4.78, 5) is 4.87. The predicted octanol–water partition coefficient (Wildman–Crippen LogP) is 4.49. The molecule has 0 radical (unpaired) electrons. The van der Waals surface area contributed by atoms with Gasteiger partial charge in [-0.25, -0.2) is 4.99 Å². The van der Waals surface area contributed by atoms with Gasteiger partial charge in [0.1, 0.15) is 5.82 Å². The van der Waals surface area contributed by atoms with E-state index >= 15 is 0 Å². The minimum absolute atomic E-state index is 0. The number of halogens is 1. The molecule has 0 amide bonds. The van der Waals surface area contributed by atoms with Crippen LogP contribution in [-0.2, 0) is 25.6 Å². The Hall–Kier alpha value is -2.42. The molecule has 1 heterocycles. The highest BCUT2D eigenvalue weighted by molar-refractivity contribution is 14.0. The van der Waals surface area contributed by atoms with Crippen molar-refractivity contribution < 1.29 is 0 Å². The number of benzene rings is 2. The molecule has 2 aromatic carbocycles. The van der Waals surface area contributed by atoms with Crippen LogP contribution in [0.4, 0.5) is 0 Å². The Kier molecular flexibility index (Phi) is 8.67. The van der Waals surface area contributed by atoms with Crippen LogP contribution in [0.2, 0.25) is 0 Å². The Morgan fingerprint density at radius 1 is 0.969 bits per heavy atom. The lowest BCUT2D eigenvalue weighted by Gasteiger charge is -2.31. The van der Waals surface area contributed by atoms with Gasteiger partial charge in [-0.1, -0.05) is 73.5 Å². The Balaban J connectivity index is 0.00000289. The molecule has 0 bridgehead atoms. The van der Waals surface area contributed by atoms with Crippen LogP contribution in [0.5, 0.6) is 0 Å². The van der Waals surface area contributed by atoms with Crippen molar-refractivity contribution in [1.82, 2.24) is 25.4 Å². The van der Waals surface area contributed by atoms with Crippen LogP contribution < -0.4 is 10.6 Å². The zero-order valence-corrected chi connectivity index (χ0v) is 21.3. The van der Waals surface area contributed by atoms with Crippen molar-refractivity contribution in [3.8, 4) is 0 Å². The molecule has 1 fully saturated rings. The molecule has 0 aliphatic heterocycles. The van der Waals surface area contributed by atoms with Gasteiger partial charge in [0.25, 0.3) is 0 Å². The second-order valence-corrected chi connectivity index (χ2v) is 8.43. The number of aromatic nitrogens is 3. The number of hydrogen-bond acceptors (Lipinski definition) is 3. The molecule has 6 nitrogen and oxygen atoms in total. The van der Waals surface area contributed by atoms with E-state index in [0.717, 1.165) is 24.2 Å². The fourth-order valence-corrected chi connectivity index (χ4v) is 4.36. The predicted molar refractivity (Wildman–Crippen MR) is 140 cm³/mol. The molecule has 1 aromatic heterocycles. The second-order valence-electron chi connectivity index (χ2n) is 8.43. The first-order valence-corrected chi connectivity index (χ1v) is 11.1.